The van der Waals surface area contributed by atoms with Gasteiger partial charge in [0.25, 0.3) is 0 Å². The average Bonchev–Trinajstić information content (AvgIpc) is 2.89. The quantitative estimate of drug-likeness (QED) is 0.782. The van der Waals surface area contributed by atoms with Gasteiger partial charge in [-0.3, -0.25) is 4.79 Å². The summed E-state index contributed by atoms with van der Waals surface area (Å²) in [6.07, 6.45) is 2.41. The van der Waals surface area contributed by atoms with Gasteiger partial charge in [0, 0.05) is 17.6 Å². The summed E-state index contributed by atoms with van der Waals surface area (Å²) in [5.74, 6) is -0.571. The van der Waals surface area contributed by atoms with Gasteiger partial charge in [0.15, 0.2) is 17.3 Å². The Morgan fingerprint density at radius 2 is 2.00 bits per heavy atom. The van der Waals surface area contributed by atoms with Crippen LogP contribution < -0.4 is 14.6 Å². The number of aliphatic carboxylic acids is 1. The van der Waals surface area contributed by atoms with Gasteiger partial charge in [-0.1, -0.05) is 30.3 Å². The van der Waals surface area contributed by atoms with E-state index in [1.54, 1.807) is 18.2 Å². The molecule has 0 fully saturated rings. The van der Waals surface area contributed by atoms with Crippen LogP contribution in [0.3, 0.4) is 0 Å². The molecule has 0 heterocycles. The third kappa shape index (κ3) is 3.15. The Labute approximate surface area is 139 Å². The fourth-order valence-corrected chi connectivity index (χ4v) is 2.70. The molecule has 0 aromatic heterocycles. The van der Waals surface area contributed by atoms with E-state index in [1.807, 2.05) is 30.3 Å². The molecule has 3 rings (SSSR count). The highest BCUT2D eigenvalue weighted by Crippen LogP contribution is 2.31. The van der Waals surface area contributed by atoms with Gasteiger partial charge in [0.1, 0.15) is 6.61 Å². The van der Waals surface area contributed by atoms with Crippen molar-refractivity contribution in [3.63, 3.8) is 0 Å². The van der Waals surface area contributed by atoms with E-state index >= 15 is 0 Å². The van der Waals surface area contributed by atoms with Gasteiger partial charge in [-0.05, 0) is 29.3 Å². The molecule has 5 nitrogen and oxygen atoms in total. The highest BCUT2D eigenvalue weighted by molar-refractivity contribution is 6.15. The Balaban J connectivity index is 1.86. The number of hydrogen-bond donors (Lipinski definition) is 0. The second-order valence-corrected chi connectivity index (χ2v) is 5.40. The van der Waals surface area contributed by atoms with E-state index in [-0.39, 0.29) is 5.78 Å². The van der Waals surface area contributed by atoms with Crippen molar-refractivity contribution in [2.45, 2.75) is 6.42 Å². The van der Waals surface area contributed by atoms with Crippen molar-refractivity contribution >= 4 is 17.8 Å². The third-order valence-electron chi connectivity index (χ3n) is 3.81. The standard InChI is InChI=1S/C19H16O5/c1-23-17-9-12(6-7-16(17)24-11-18(20)21)8-14-10-13-4-2-3-5-15(13)19(14)22/h2-9H,10-11H2,1H3,(H,20,21)/p-1/b14-8+. The highest BCUT2D eigenvalue weighted by Gasteiger charge is 2.23. The van der Waals surface area contributed by atoms with Crippen LogP contribution in [0.5, 0.6) is 11.5 Å². The molecule has 5 heteroatoms. The van der Waals surface area contributed by atoms with Crippen LogP contribution in [0, 0.1) is 0 Å². The Bertz CT molecular complexity index is 835. The van der Waals surface area contributed by atoms with E-state index in [0.29, 0.717) is 23.5 Å². The van der Waals surface area contributed by atoms with Crippen molar-refractivity contribution < 1.29 is 24.2 Å². The molecule has 0 unspecified atom stereocenters. The van der Waals surface area contributed by atoms with Crippen LogP contribution in [0.4, 0.5) is 0 Å². The highest BCUT2D eigenvalue weighted by atomic mass is 16.5. The molecule has 0 bridgehead atoms. The van der Waals surface area contributed by atoms with Crippen LogP contribution >= 0.6 is 0 Å². The number of benzene rings is 2. The Morgan fingerprint density at radius 3 is 2.71 bits per heavy atom. The topological polar surface area (TPSA) is 75.7 Å². The normalized spacial score (nSPS) is 14.5. The van der Waals surface area contributed by atoms with Crippen LogP contribution in [0.15, 0.2) is 48.0 Å². The maximum Gasteiger partial charge on any atom is 0.189 e. The zero-order valence-corrected chi connectivity index (χ0v) is 13.1. The monoisotopic (exact) mass is 323 g/mol. The largest absolute Gasteiger partial charge is 0.546 e. The number of carbonyl (C=O) groups excluding carboxylic acids is 2. The second kappa shape index (κ2) is 6.58. The van der Waals surface area contributed by atoms with Crippen LogP contribution in [0.25, 0.3) is 6.08 Å². The van der Waals surface area contributed by atoms with Gasteiger partial charge < -0.3 is 19.4 Å². The zero-order chi connectivity index (χ0) is 17.1. The fourth-order valence-electron chi connectivity index (χ4n) is 2.70. The van der Waals surface area contributed by atoms with E-state index in [2.05, 4.69) is 0 Å². The van der Waals surface area contributed by atoms with Crippen LogP contribution in [-0.4, -0.2) is 25.5 Å². The van der Waals surface area contributed by atoms with Crippen molar-refractivity contribution in [1.82, 2.24) is 0 Å². The lowest BCUT2D eigenvalue weighted by Crippen LogP contribution is -2.29. The molecule has 0 spiro atoms. The lowest BCUT2D eigenvalue weighted by molar-refractivity contribution is -0.307. The predicted octanol–water partition coefficient (Wildman–Crippen LogP) is 1.65. The van der Waals surface area contributed by atoms with Crippen LogP contribution in [0.1, 0.15) is 21.5 Å². The molecular weight excluding hydrogens is 308 g/mol. The summed E-state index contributed by atoms with van der Waals surface area (Å²) in [4.78, 5) is 22.9. The smallest absolute Gasteiger partial charge is 0.189 e. The van der Waals surface area contributed by atoms with Gasteiger partial charge in [0.05, 0.1) is 13.1 Å². The second-order valence-electron chi connectivity index (χ2n) is 5.40. The van der Waals surface area contributed by atoms with Gasteiger partial charge in [-0.2, -0.15) is 0 Å². The van der Waals surface area contributed by atoms with Crippen molar-refractivity contribution in [2.24, 2.45) is 0 Å². The number of allylic oxidation sites excluding steroid dienone is 1. The number of ketones is 1. The number of carbonyl (C=O) groups is 2. The molecule has 1 aliphatic carbocycles. The van der Waals surface area contributed by atoms with Gasteiger partial charge in [-0.25, -0.2) is 0 Å². The first-order chi connectivity index (χ1) is 11.6. The minimum absolute atomic E-state index is 0.0295. The lowest BCUT2D eigenvalue weighted by atomic mass is 10.1. The Kier molecular flexibility index (Phi) is 4.33. The average molecular weight is 323 g/mol. The van der Waals surface area contributed by atoms with Crippen LogP contribution in [0.2, 0.25) is 0 Å². The van der Waals surface area contributed by atoms with E-state index in [4.69, 9.17) is 9.47 Å². The van der Waals surface area contributed by atoms with E-state index in [1.165, 1.54) is 7.11 Å². The van der Waals surface area contributed by atoms with Crippen molar-refractivity contribution in [3.05, 3.63) is 64.7 Å². The maximum atomic E-state index is 12.4. The molecule has 0 atom stereocenters. The van der Waals surface area contributed by atoms with Crippen LogP contribution in [-0.2, 0) is 11.2 Å². The third-order valence-corrected chi connectivity index (χ3v) is 3.81. The van der Waals surface area contributed by atoms with E-state index in [0.717, 1.165) is 16.7 Å². The number of hydrogen-bond acceptors (Lipinski definition) is 5. The summed E-state index contributed by atoms with van der Waals surface area (Å²) in [5.41, 5.74) is 3.25. The summed E-state index contributed by atoms with van der Waals surface area (Å²) >= 11 is 0. The van der Waals surface area contributed by atoms with Crippen molar-refractivity contribution in [2.75, 3.05) is 13.7 Å². The molecule has 2 aromatic carbocycles. The summed E-state index contributed by atoms with van der Waals surface area (Å²) < 4.78 is 10.3. The molecular formula is C19H15O5-. The Morgan fingerprint density at radius 1 is 1.21 bits per heavy atom. The fraction of sp³-hybridized carbons (Fsp3) is 0.158. The minimum Gasteiger partial charge on any atom is -0.546 e. The summed E-state index contributed by atoms with van der Waals surface area (Å²) in [5, 5.41) is 10.5. The molecule has 2 aromatic rings. The zero-order valence-electron chi connectivity index (χ0n) is 13.1. The van der Waals surface area contributed by atoms with Crippen molar-refractivity contribution in [3.8, 4) is 11.5 Å². The molecule has 0 saturated heterocycles. The molecule has 24 heavy (non-hydrogen) atoms. The Hall–Kier alpha value is -3.08. The molecule has 0 amide bonds. The maximum absolute atomic E-state index is 12.4. The molecule has 0 radical (unpaired) electrons. The number of fused-ring (bicyclic) bond motifs is 1. The van der Waals surface area contributed by atoms with E-state index < -0.39 is 12.6 Å². The van der Waals surface area contributed by atoms with E-state index in [9.17, 15) is 14.7 Å². The first-order valence-corrected chi connectivity index (χ1v) is 7.42. The summed E-state index contributed by atoms with van der Waals surface area (Å²) in [6.45, 7) is -0.551. The molecule has 0 N–H and O–H groups in total. The number of carboxylic acids is 1. The number of rotatable bonds is 5. The summed E-state index contributed by atoms with van der Waals surface area (Å²) in [6, 6.07) is 12.6. The number of ether oxygens (including phenoxy) is 2. The van der Waals surface area contributed by atoms with Gasteiger partial charge in [0.2, 0.25) is 0 Å². The first-order valence-electron chi connectivity index (χ1n) is 7.42. The van der Waals surface area contributed by atoms with Crippen molar-refractivity contribution in [1.29, 1.82) is 0 Å². The first kappa shape index (κ1) is 15.8. The molecule has 0 aliphatic heterocycles. The summed E-state index contributed by atoms with van der Waals surface area (Å²) in [7, 11) is 1.47. The number of carboxylic acid groups (broad SMARTS) is 1. The number of Topliss-reactive ketones (excluding diaryl/α,β-unsaturated/α-hetero) is 1. The molecule has 1 aliphatic rings. The SMILES string of the molecule is COc1cc(/C=C2\Cc3ccccc3C2=O)ccc1OCC(=O)[O-]. The predicted molar refractivity (Wildman–Crippen MR) is 85.9 cm³/mol. The lowest BCUT2D eigenvalue weighted by Gasteiger charge is -2.11. The molecule has 122 valence electrons. The van der Waals surface area contributed by atoms with Gasteiger partial charge in [-0.15, -0.1) is 0 Å². The number of methoxy groups -OCH3 is 1. The molecule has 0 saturated carbocycles. The van der Waals surface area contributed by atoms with Gasteiger partial charge >= 0.3 is 0 Å². The minimum atomic E-state index is -1.31.